The first-order chi connectivity index (χ1) is 10.0. The zero-order valence-corrected chi connectivity index (χ0v) is 12.9. The average molecular weight is 306 g/mol. The molecule has 0 spiro atoms. The number of nitrogens with zero attached hydrogens (tertiary/aromatic N) is 3. The fourth-order valence-electron chi connectivity index (χ4n) is 2.64. The zero-order chi connectivity index (χ0) is 15.0. The van der Waals surface area contributed by atoms with Crippen molar-refractivity contribution >= 4 is 29.3 Å². The fourth-order valence-corrected chi connectivity index (χ4v) is 2.91. The van der Waals surface area contributed by atoms with E-state index in [1.165, 1.54) is 0 Å². The Bertz CT molecular complexity index is 616. The van der Waals surface area contributed by atoms with Gasteiger partial charge in [-0.1, -0.05) is 0 Å². The van der Waals surface area contributed by atoms with Gasteiger partial charge in [-0.25, -0.2) is 0 Å². The molecule has 0 radical (unpaired) electrons. The molecule has 21 heavy (non-hydrogen) atoms. The molecule has 1 N–H and O–H groups in total. The van der Waals surface area contributed by atoms with Gasteiger partial charge in [0.05, 0.1) is 18.3 Å². The van der Waals surface area contributed by atoms with Crippen LogP contribution >= 0.6 is 12.2 Å². The Kier molecular flexibility index (Phi) is 3.77. The second-order valence-electron chi connectivity index (χ2n) is 5.38. The smallest absolute Gasteiger partial charge is 0.276 e. The van der Waals surface area contributed by atoms with Gasteiger partial charge in [-0.3, -0.25) is 14.4 Å². The summed E-state index contributed by atoms with van der Waals surface area (Å²) < 4.78 is 7.30. The van der Waals surface area contributed by atoms with E-state index in [-0.39, 0.29) is 12.0 Å². The minimum Gasteiger partial charge on any atom is -0.376 e. The molecule has 1 aromatic heterocycles. The summed E-state index contributed by atoms with van der Waals surface area (Å²) in [5.41, 5.74) is 2.28. The van der Waals surface area contributed by atoms with Crippen LogP contribution in [0.4, 0.5) is 0 Å². The molecule has 0 saturated carbocycles. The maximum atomic E-state index is 12.5. The molecular formula is C14H18N4O2S. The number of ether oxygens (including phenoxy) is 1. The highest BCUT2D eigenvalue weighted by atomic mass is 32.1. The van der Waals surface area contributed by atoms with Crippen molar-refractivity contribution < 1.29 is 9.53 Å². The Morgan fingerprint density at radius 3 is 3.05 bits per heavy atom. The number of carbonyl (C=O) groups is 1. The third-order valence-electron chi connectivity index (χ3n) is 3.72. The van der Waals surface area contributed by atoms with E-state index in [1.807, 2.05) is 20.2 Å². The lowest BCUT2D eigenvalue weighted by Crippen LogP contribution is -2.37. The Morgan fingerprint density at radius 2 is 2.43 bits per heavy atom. The Labute approximate surface area is 128 Å². The molecule has 6 nitrogen and oxygen atoms in total. The molecule has 0 bridgehead atoms. The van der Waals surface area contributed by atoms with Gasteiger partial charge in [-0.15, -0.1) is 0 Å². The summed E-state index contributed by atoms with van der Waals surface area (Å²) in [4.78, 5) is 14.0. The van der Waals surface area contributed by atoms with Crippen molar-refractivity contribution in [3.8, 4) is 0 Å². The summed E-state index contributed by atoms with van der Waals surface area (Å²) in [6, 6.07) is 0. The number of aromatic nitrogens is 2. The van der Waals surface area contributed by atoms with Crippen LogP contribution in [0.15, 0.2) is 11.9 Å². The zero-order valence-electron chi connectivity index (χ0n) is 12.1. The lowest BCUT2D eigenvalue weighted by atomic mass is 10.2. The fraction of sp³-hybridized carbons (Fsp3) is 0.500. The number of rotatable bonds is 3. The van der Waals surface area contributed by atoms with Crippen LogP contribution in [0.3, 0.4) is 0 Å². The molecule has 3 rings (SSSR count). The van der Waals surface area contributed by atoms with Crippen molar-refractivity contribution in [3.63, 3.8) is 0 Å². The summed E-state index contributed by atoms with van der Waals surface area (Å²) in [6.07, 6.45) is 5.79. The third-order valence-corrected chi connectivity index (χ3v) is 4.05. The van der Waals surface area contributed by atoms with Gasteiger partial charge < -0.3 is 10.1 Å². The van der Waals surface area contributed by atoms with Gasteiger partial charge in [0.15, 0.2) is 5.11 Å². The first kappa shape index (κ1) is 14.2. The summed E-state index contributed by atoms with van der Waals surface area (Å²) in [7, 11) is 1.85. The van der Waals surface area contributed by atoms with Crippen molar-refractivity contribution in [2.45, 2.75) is 25.9 Å². The normalized spacial score (nSPS) is 24.2. The molecule has 1 amide bonds. The molecule has 7 heteroatoms. The van der Waals surface area contributed by atoms with Gasteiger partial charge in [-0.2, -0.15) is 5.10 Å². The Hall–Kier alpha value is -1.73. The largest absolute Gasteiger partial charge is 0.376 e. The molecule has 0 aromatic carbocycles. The average Bonchev–Trinajstić information content (AvgIpc) is 3.10. The second kappa shape index (κ2) is 5.57. The number of amides is 1. The predicted octanol–water partition coefficient (Wildman–Crippen LogP) is 0.965. The van der Waals surface area contributed by atoms with Gasteiger partial charge in [0.25, 0.3) is 5.91 Å². The highest BCUT2D eigenvalue weighted by molar-refractivity contribution is 7.80. The van der Waals surface area contributed by atoms with Crippen molar-refractivity contribution in [1.82, 2.24) is 20.0 Å². The Morgan fingerprint density at radius 1 is 1.62 bits per heavy atom. The van der Waals surface area contributed by atoms with E-state index in [0.29, 0.717) is 17.4 Å². The standard InChI is InChI=1S/C14H18N4O2S/c1-9-10(7-17(2)16-9)6-12-13(19)18(14(21)15-12)8-11-4-3-5-20-11/h6-7,11H,3-5,8H2,1-2H3,(H,15,21)/b12-6-/t11-/m1/s1. The molecule has 2 saturated heterocycles. The van der Waals surface area contributed by atoms with Crippen LogP contribution in [0, 0.1) is 6.92 Å². The van der Waals surface area contributed by atoms with E-state index >= 15 is 0 Å². The third kappa shape index (κ3) is 2.84. The number of nitrogens with one attached hydrogen (secondary N) is 1. The molecule has 1 atom stereocenters. The van der Waals surface area contributed by atoms with Crippen LogP contribution < -0.4 is 5.32 Å². The minimum atomic E-state index is -0.0984. The first-order valence-electron chi connectivity index (χ1n) is 7.01. The van der Waals surface area contributed by atoms with E-state index in [0.717, 1.165) is 30.7 Å². The number of carbonyl (C=O) groups excluding carboxylic acids is 1. The van der Waals surface area contributed by atoms with E-state index in [9.17, 15) is 4.79 Å². The van der Waals surface area contributed by atoms with Crippen molar-refractivity contribution in [3.05, 3.63) is 23.2 Å². The molecule has 0 aliphatic carbocycles. The van der Waals surface area contributed by atoms with E-state index < -0.39 is 0 Å². The lowest BCUT2D eigenvalue weighted by molar-refractivity contribution is -0.123. The summed E-state index contributed by atoms with van der Waals surface area (Å²) in [5, 5.41) is 7.70. The molecule has 112 valence electrons. The monoisotopic (exact) mass is 306 g/mol. The summed E-state index contributed by atoms with van der Waals surface area (Å²) in [5.74, 6) is -0.0984. The van der Waals surface area contributed by atoms with Crippen molar-refractivity contribution in [2.24, 2.45) is 7.05 Å². The van der Waals surface area contributed by atoms with E-state index in [2.05, 4.69) is 10.4 Å². The molecular weight excluding hydrogens is 288 g/mol. The van der Waals surface area contributed by atoms with Crippen LogP contribution in [-0.4, -0.2) is 45.0 Å². The van der Waals surface area contributed by atoms with Crippen LogP contribution in [0.2, 0.25) is 0 Å². The summed E-state index contributed by atoms with van der Waals surface area (Å²) in [6.45, 7) is 3.20. The SMILES string of the molecule is Cc1nn(C)cc1/C=C1\NC(=S)N(C[C@H]2CCCO2)C1=O. The number of aryl methyl sites for hydroxylation is 2. The van der Waals surface area contributed by atoms with Crippen molar-refractivity contribution in [1.29, 1.82) is 0 Å². The van der Waals surface area contributed by atoms with Gasteiger partial charge in [-0.05, 0) is 38.1 Å². The molecule has 2 aliphatic rings. The van der Waals surface area contributed by atoms with E-state index in [4.69, 9.17) is 17.0 Å². The molecule has 0 unspecified atom stereocenters. The van der Waals surface area contributed by atoms with Crippen molar-refractivity contribution in [2.75, 3.05) is 13.2 Å². The predicted molar refractivity (Wildman–Crippen MR) is 82.3 cm³/mol. The Balaban J connectivity index is 1.77. The number of thiocarbonyl (C=S) groups is 1. The molecule has 1 aromatic rings. The highest BCUT2D eigenvalue weighted by Gasteiger charge is 2.33. The maximum absolute atomic E-state index is 12.5. The quantitative estimate of drug-likeness (QED) is 0.666. The molecule has 3 heterocycles. The van der Waals surface area contributed by atoms with Crippen LogP contribution in [-0.2, 0) is 16.6 Å². The minimum absolute atomic E-state index is 0.0909. The van der Waals surface area contributed by atoms with Gasteiger partial charge in [0.1, 0.15) is 5.70 Å². The van der Waals surface area contributed by atoms with Gasteiger partial charge in [0.2, 0.25) is 0 Å². The first-order valence-corrected chi connectivity index (χ1v) is 7.42. The number of hydrogen-bond acceptors (Lipinski definition) is 4. The highest BCUT2D eigenvalue weighted by Crippen LogP contribution is 2.19. The van der Waals surface area contributed by atoms with Crippen LogP contribution in [0.25, 0.3) is 6.08 Å². The van der Waals surface area contributed by atoms with E-state index in [1.54, 1.807) is 15.7 Å². The molecule has 2 aliphatic heterocycles. The van der Waals surface area contributed by atoms with Crippen LogP contribution in [0.5, 0.6) is 0 Å². The summed E-state index contributed by atoms with van der Waals surface area (Å²) >= 11 is 5.26. The van der Waals surface area contributed by atoms with Gasteiger partial charge in [0, 0.05) is 25.4 Å². The number of hydrogen-bond donors (Lipinski definition) is 1. The second-order valence-corrected chi connectivity index (χ2v) is 5.77. The van der Waals surface area contributed by atoms with Gasteiger partial charge >= 0.3 is 0 Å². The maximum Gasteiger partial charge on any atom is 0.276 e. The lowest BCUT2D eigenvalue weighted by Gasteiger charge is -2.18. The topological polar surface area (TPSA) is 59.4 Å². The van der Waals surface area contributed by atoms with Crippen LogP contribution in [0.1, 0.15) is 24.1 Å². The molecule has 2 fully saturated rings.